The van der Waals surface area contributed by atoms with E-state index in [1.165, 1.54) is 0 Å². The maximum absolute atomic E-state index is 12.2. The molecule has 122 valence electrons. The predicted octanol–water partition coefficient (Wildman–Crippen LogP) is 3.13. The normalized spacial score (nSPS) is 11.5. The van der Waals surface area contributed by atoms with Gasteiger partial charge in [-0.25, -0.2) is 4.98 Å². The van der Waals surface area contributed by atoms with Gasteiger partial charge in [0, 0.05) is 0 Å². The van der Waals surface area contributed by atoms with E-state index in [0.29, 0.717) is 26.0 Å². The van der Waals surface area contributed by atoms with Crippen molar-refractivity contribution in [2.75, 3.05) is 0 Å². The lowest BCUT2D eigenvalue weighted by Crippen LogP contribution is -2.21. The van der Waals surface area contributed by atoms with Crippen LogP contribution in [0.4, 0.5) is 0 Å². The van der Waals surface area contributed by atoms with Crippen molar-refractivity contribution in [1.82, 2.24) is 9.97 Å². The number of benzene rings is 1. The molecule has 0 aliphatic carbocycles. The van der Waals surface area contributed by atoms with Gasteiger partial charge in [-0.1, -0.05) is 35.3 Å². The number of thiophene rings is 1. The number of hydrogen-bond acceptors (Lipinski definition) is 5. The van der Waals surface area contributed by atoms with Gasteiger partial charge < -0.3 is 14.9 Å². The third-order valence-corrected chi connectivity index (χ3v) is 5.41. The summed E-state index contributed by atoms with van der Waals surface area (Å²) in [7, 11) is 0. The molecule has 1 aromatic carbocycles. The van der Waals surface area contributed by atoms with Gasteiger partial charge in [-0.2, -0.15) is 0 Å². The van der Waals surface area contributed by atoms with E-state index < -0.39 is 11.5 Å². The van der Waals surface area contributed by atoms with Crippen molar-refractivity contribution in [1.29, 1.82) is 0 Å². The Morgan fingerprint density at radius 1 is 1.33 bits per heavy atom. The average Bonchev–Trinajstić information content (AvgIpc) is 2.86. The van der Waals surface area contributed by atoms with Gasteiger partial charge in [0.05, 0.1) is 26.3 Å². The highest BCUT2D eigenvalue weighted by Gasteiger charge is 2.14. The van der Waals surface area contributed by atoms with Crippen LogP contribution in [0.3, 0.4) is 0 Å². The zero-order chi connectivity index (χ0) is 17.4. The van der Waals surface area contributed by atoms with Crippen molar-refractivity contribution in [3.8, 4) is 0 Å². The highest BCUT2D eigenvalue weighted by atomic mass is 35.5. The number of nitrogens with one attached hydrogen (secondary N) is 1. The number of fused-ring (bicyclic) bond motifs is 1. The Kier molecular flexibility index (Phi) is 4.45. The zero-order valence-electron chi connectivity index (χ0n) is 12.2. The molecule has 0 aliphatic rings. The molecule has 0 saturated carbocycles. The van der Waals surface area contributed by atoms with E-state index in [9.17, 15) is 14.7 Å². The first-order valence-corrected chi connectivity index (χ1v) is 8.32. The molecular weight excluding hydrogens is 371 g/mol. The fourth-order valence-corrected chi connectivity index (χ4v) is 3.65. The summed E-state index contributed by atoms with van der Waals surface area (Å²) in [5, 5.41) is 12.2. The number of carbonyl (C=O) groups excluding carboxylic acids is 1. The molecule has 0 saturated heterocycles. The molecule has 5 nitrogen and oxygen atoms in total. The third kappa shape index (κ3) is 2.96. The van der Waals surface area contributed by atoms with Gasteiger partial charge in [0.15, 0.2) is 0 Å². The second-order valence-corrected chi connectivity index (χ2v) is 6.74. The van der Waals surface area contributed by atoms with Crippen LogP contribution in [0.2, 0.25) is 10.0 Å². The van der Waals surface area contributed by atoms with Crippen molar-refractivity contribution < 1.29 is 9.90 Å². The minimum absolute atomic E-state index is 0.00187. The standard InChI is InChI=1S/C16H10Cl2N2O3S/c1-7-11-14(21)19-10(20-15(11)24-13(7)16(22)23)6-5-8-3-2-4-9(17)12(8)18/h2-6H,1H3,(H,22,23)(H,19,20,21)/p-1/b6-5+. The molecule has 0 radical (unpaired) electrons. The number of aromatic carboxylic acids is 1. The third-order valence-electron chi connectivity index (χ3n) is 3.41. The predicted molar refractivity (Wildman–Crippen MR) is 94.7 cm³/mol. The summed E-state index contributed by atoms with van der Waals surface area (Å²) in [6.07, 6.45) is 3.24. The second kappa shape index (κ2) is 6.39. The van der Waals surface area contributed by atoms with E-state index in [4.69, 9.17) is 23.2 Å². The number of carboxylic acids is 1. The topological polar surface area (TPSA) is 85.9 Å². The van der Waals surface area contributed by atoms with Gasteiger partial charge in [-0.05, 0) is 36.3 Å². The van der Waals surface area contributed by atoms with Gasteiger partial charge in [0.2, 0.25) is 0 Å². The number of halogens is 2. The van der Waals surface area contributed by atoms with E-state index in [0.717, 1.165) is 11.3 Å². The number of rotatable bonds is 3. The van der Waals surface area contributed by atoms with Gasteiger partial charge in [0.25, 0.3) is 5.56 Å². The van der Waals surface area contributed by atoms with E-state index in [2.05, 4.69) is 9.97 Å². The highest BCUT2D eigenvalue weighted by Crippen LogP contribution is 2.28. The summed E-state index contributed by atoms with van der Waals surface area (Å²) < 4.78 is 0. The Bertz CT molecular complexity index is 1050. The summed E-state index contributed by atoms with van der Waals surface area (Å²) in [5.74, 6) is -1.03. The van der Waals surface area contributed by atoms with Crippen molar-refractivity contribution in [3.05, 3.63) is 60.4 Å². The van der Waals surface area contributed by atoms with Crippen molar-refractivity contribution in [2.45, 2.75) is 6.92 Å². The molecule has 8 heteroatoms. The molecule has 0 unspecified atom stereocenters. The van der Waals surface area contributed by atoms with E-state index >= 15 is 0 Å². The van der Waals surface area contributed by atoms with E-state index in [-0.39, 0.29) is 16.1 Å². The largest absolute Gasteiger partial charge is 0.544 e. The molecule has 0 fully saturated rings. The molecule has 24 heavy (non-hydrogen) atoms. The Morgan fingerprint density at radius 3 is 2.79 bits per heavy atom. The van der Waals surface area contributed by atoms with Crippen LogP contribution in [0.25, 0.3) is 22.4 Å². The van der Waals surface area contributed by atoms with Gasteiger partial charge in [0.1, 0.15) is 10.7 Å². The van der Waals surface area contributed by atoms with Crippen molar-refractivity contribution in [2.24, 2.45) is 0 Å². The summed E-state index contributed by atoms with van der Waals surface area (Å²) in [6.45, 7) is 1.56. The number of carbonyl (C=O) groups is 1. The number of aromatic amines is 1. The number of nitrogens with zero attached hydrogens (tertiary/aromatic N) is 1. The molecule has 2 heterocycles. The first kappa shape index (κ1) is 16.7. The highest BCUT2D eigenvalue weighted by molar-refractivity contribution is 7.20. The summed E-state index contributed by atoms with van der Waals surface area (Å²) in [4.78, 5) is 30.5. The zero-order valence-corrected chi connectivity index (χ0v) is 14.6. The molecule has 0 aliphatic heterocycles. The lowest BCUT2D eigenvalue weighted by molar-refractivity contribution is -0.254. The van der Waals surface area contributed by atoms with E-state index in [1.54, 1.807) is 37.3 Å². The Morgan fingerprint density at radius 2 is 2.08 bits per heavy atom. The summed E-state index contributed by atoms with van der Waals surface area (Å²) in [6, 6.07) is 5.19. The number of aryl methyl sites for hydroxylation is 1. The summed E-state index contributed by atoms with van der Waals surface area (Å²) >= 11 is 13.0. The number of carboxylic acid groups (broad SMARTS) is 1. The quantitative estimate of drug-likeness (QED) is 0.757. The lowest BCUT2D eigenvalue weighted by Gasteiger charge is -2.00. The SMILES string of the molecule is Cc1c(C(=O)[O-])sc2nc(/C=C/c3cccc(Cl)c3Cl)[nH]c(=O)c12. The van der Waals surface area contributed by atoms with Crippen LogP contribution in [0.1, 0.15) is 26.6 Å². The van der Waals surface area contributed by atoms with Crippen LogP contribution in [-0.4, -0.2) is 15.9 Å². The minimum Gasteiger partial charge on any atom is -0.544 e. The van der Waals surface area contributed by atoms with Crippen LogP contribution in [0.5, 0.6) is 0 Å². The number of hydrogen-bond donors (Lipinski definition) is 1. The molecular formula is C16H9Cl2N2O3S-. The molecule has 0 amide bonds. The van der Waals surface area contributed by atoms with Crippen LogP contribution in [0, 0.1) is 6.92 Å². The summed E-state index contributed by atoms with van der Waals surface area (Å²) in [5.41, 5.74) is 0.625. The second-order valence-electron chi connectivity index (χ2n) is 4.95. The average molecular weight is 380 g/mol. The fourth-order valence-electron chi connectivity index (χ4n) is 2.25. The molecule has 0 bridgehead atoms. The van der Waals surface area contributed by atoms with Gasteiger partial charge in [-0.15, -0.1) is 11.3 Å². The molecule has 1 N–H and O–H groups in total. The van der Waals surface area contributed by atoms with Crippen LogP contribution in [-0.2, 0) is 0 Å². The maximum Gasteiger partial charge on any atom is 0.260 e. The minimum atomic E-state index is -1.32. The Hall–Kier alpha value is -2.15. The Labute approximate surface area is 150 Å². The maximum atomic E-state index is 12.2. The first-order valence-electron chi connectivity index (χ1n) is 6.75. The van der Waals surface area contributed by atoms with Gasteiger partial charge >= 0.3 is 0 Å². The van der Waals surface area contributed by atoms with Gasteiger partial charge in [-0.3, -0.25) is 4.79 Å². The molecule has 2 aromatic heterocycles. The molecule has 0 atom stereocenters. The first-order chi connectivity index (χ1) is 11.4. The van der Waals surface area contributed by atoms with Crippen LogP contribution < -0.4 is 10.7 Å². The van der Waals surface area contributed by atoms with Crippen LogP contribution in [0.15, 0.2) is 23.0 Å². The lowest BCUT2D eigenvalue weighted by atomic mass is 10.2. The van der Waals surface area contributed by atoms with Crippen molar-refractivity contribution in [3.63, 3.8) is 0 Å². The fraction of sp³-hybridized carbons (Fsp3) is 0.0625. The molecule has 3 aromatic rings. The van der Waals surface area contributed by atoms with E-state index in [1.807, 2.05) is 0 Å². The number of H-pyrrole nitrogens is 1. The molecule has 0 spiro atoms. The monoisotopic (exact) mass is 379 g/mol. The van der Waals surface area contributed by atoms with Crippen LogP contribution >= 0.6 is 34.5 Å². The Balaban J connectivity index is 2.08. The molecule has 3 rings (SSSR count). The van der Waals surface area contributed by atoms with Crippen molar-refractivity contribution >= 4 is 62.9 Å². The smallest absolute Gasteiger partial charge is 0.260 e. The number of aromatic nitrogens is 2.